The number of hydrogen-bond acceptors (Lipinski definition) is 2. The monoisotopic (exact) mass is 277 g/mol. The van der Waals surface area contributed by atoms with E-state index in [1.54, 1.807) is 0 Å². The summed E-state index contributed by atoms with van der Waals surface area (Å²) in [7, 11) is 0. The Labute approximate surface area is 126 Å². The molecule has 2 rings (SSSR count). The van der Waals surface area contributed by atoms with Crippen LogP contribution in [0.3, 0.4) is 0 Å². The van der Waals surface area contributed by atoms with Gasteiger partial charge in [-0.2, -0.15) is 5.26 Å². The zero-order valence-corrected chi connectivity index (χ0v) is 12.5. The molecule has 0 spiro atoms. The van der Waals surface area contributed by atoms with E-state index in [0.717, 1.165) is 11.1 Å². The van der Waals surface area contributed by atoms with Crippen molar-refractivity contribution < 1.29 is 4.79 Å². The Morgan fingerprint density at radius 1 is 1.14 bits per heavy atom. The van der Waals surface area contributed by atoms with Crippen molar-refractivity contribution in [3.8, 4) is 6.07 Å². The highest BCUT2D eigenvalue weighted by Crippen LogP contribution is 2.20. The van der Waals surface area contributed by atoms with E-state index in [9.17, 15) is 10.1 Å². The van der Waals surface area contributed by atoms with E-state index in [4.69, 9.17) is 0 Å². The maximum absolute atomic E-state index is 12.3. The molecule has 1 unspecified atom stereocenters. The molecular weight excluding hydrogens is 258 g/mol. The largest absolute Gasteiger partial charge is 0.298 e. The van der Waals surface area contributed by atoms with Gasteiger partial charge in [0.25, 0.3) is 0 Å². The number of hydrogen-bond donors (Lipinski definition) is 0. The predicted molar refractivity (Wildman–Crippen MR) is 84.0 cm³/mol. The van der Waals surface area contributed by atoms with Gasteiger partial charge in [0, 0.05) is 6.42 Å². The fourth-order valence-electron chi connectivity index (χ4n) is 2.47. The van der Waals surface area contributed by atoms with Crippen LogP contribution in [0.1, 0.15) is 34.6 Å². The van der Waals surface area contributed by atoms with E-state index in [1.165, 1.54) is 11.1 Å². The summed E-state index contributed by atoms with van der Waals surface area (Å²) in [5.74, 6) is -0.666. The van der Waals surface area contributed by atoms with Gasteiger partial charge in [0.1, 0.15) is 5.92 Å². The van der Waals surface area contributed by atoms with Crippen molar-refractivity contribution in [2.75, 3.05) is 0 Å². The fourth-order valence-corrected chi connectivity index (χ4v) is 2.47. The summed E-state index contributed by atoms with van der Waals surface area (Å²) in [4.78, 5) is 12.3. The first-order chi connectivity index (χ1) is 10.1. The lowest BCUT2D eigenvalue weighted by atomic mass is 9.91. The topological polar surface area (TPSA) is 40.9 Å². The number of benzene rings is 2. The number of rotatable bonds is 5. The average Bonchev–Trinajstić information content (AvgIpc) is 2.47. The van der Waals surface area contributed by atoms with Crippen LogP contribution in [0.4, 0.5) is 0 Å². The molecule has 0 saturated heterocycles. The van der Waals surface area contributed by atoms with E-state index >= 15 is 0 Å². The molecule has 0 fully saturated rings. The Morgan fingerprint density at radius 3 is 2.57 bits per heavy atom. The van der Waals surface area contributed by atoms with Crippen LogP contribution < -0.4 is 0 Å². The van der Waals surface area contributed by atoms with E-state index in [2.05, 4.69) is 6.07 Å². The molecule has 2 aromatic carbocycles. The van der Waals surface area contributed by atoms with E-state index in [1.807, 2.05) is 62.4 Å². The van der Waals surface area contributed by atoms with Crippen LogP contribution in [-0.4, -0.2) is 5.78 Å². The lowest BCUT2D eigenvalue weighted by Gasteiger charge is -2.10. The van der Waals surface area contributed by atoms with Crippen LogP contribution in [-0.2, 0) is 11.2 Å². The van der Waals surface area contributed by atoms with Crippen molar-refractivity contribution in [3.05, 3.63) is 70.8 Å². The van der Waals surface area contributed by atoms with E-state index in [0.29, 0.717) is 12.8 Å². The number of nitrogens with zero attached hydrogens (tertiary/aromatic N) is 1. The minimum atomic E-state index is -0.658. The van der Waals surface area contributed by atoms with Gasteiger partial charge in [0.15, 0.2) is 5.78 Å². The molecule has 0 aliphatic heterocycles. The molecule has 2 heteroatoms. The molecule has 106 valence electrons. The number of carbonyl (C=O) groups excluding carboxylic acids is 1. The zero-order valence-electron chi connectivity index (χ0n) is 12.5. The lowest BCUT2D eigenvalue weighted by molar-refractivity contribution is -0.119. The van der Waals surface area contributed by atoms with Gasteiger partial charge in [-0.15, -0.1) is 0 Å². The van der Waals surface area contributed by atoms with Crippen LogP contribution in [0, 0.1) is 25.2 Å². The van der Waals surface area contributed by atoms with Crippen molar-refractivity contribution in [1.82, 2.24) is 0 Å². The van der Waals surface area contributed by atoms with Crippen LogP contribution in [0.15, 0.2) is 48.5 Å². The van der Waals surface area contributed by atoms with Crippen molar-refractivity contribution in [2.24, 2.45) is 0 Å². The second-order valence-corrected chi connectivity index (χ2v) is 5.37. The van der Waals surface area contributed by atoms with Crippen molar-refractivity contribution in [3.63, 3.8) is 0 Å². The van der Waals surface area contributed by atoms with E-state index in [-0.39, 0.29) is 5.78 Å². The highest BCUT2D eigenvalue weighted by molar-refractivity contribution is 5.88. The second-order valence-electron chi connectivity index (χ2n) is 5.37. The quantitative estimate of drug-likeness (QED) is 0.825. The number of carbonyl (C=O) groups is 1. The molecule has 0 N–H and O–H groups in total. The maximum atomic E-state index is 12.3. The number of ketones is 1. The Balaban J connectivity index is 2.08. The van der Waals surface area contributed by atoms with Gasteiger partial charge in [-0.25, -0.2) is 0 Å². The molecule has 0 aliphatic carbocycles. The van der Waals surface area contributed by atoms with Crippen molar-refractivity contribution in [2.45, 2.75) is 32.6 Å². The first-order valence-electron chi connectivity index (χ1n) is 7.15. The molecule has 0 saturated carbocycles. The van der Waals surface area contributed by atoms with Crippen molar-refractivity contribution >= 4 is 5.78 Å². The Kier molecular flexibility index (Phi) is 4.90. The third kappa shape index (κ3) is 3.79. The van der Waals surface area contributed by atoms with Gasteiger partial charge in [-0.3, -0.25) is 4.79 Å². The molecule has 1 atom stereocenters. The predicted octanol–water partition coefficient (Wildman–Crippen LogP) is 4.11. The Hall–Kier alpha value is -2.40. The summed E-state index contributed by atoms with van der Waals surface area (Å²) in [6, 6.07) is 17.8. The minimum Gasteiger partial charge on any atom is -0.298 e. The first-order valence-corrected chi connectivity index (χ1v) is 7.15. The molecule has 0 amide bonds. The van der Waals surface area contributed by atoms with Gasteiger partial charge >= 0.3 is 0 Å². The van der Waals surface area contributed by atoms with Gasteiger partial charge in [0.05, 0.1) is 6.07 Å². The molecule has 0 bridgehead atoms. The average molecular weight is 277 g/mol. The molecule has 0 aromatic heterocycles. The Bertz CT molecular complexity index is 682. The molecule has 2 aromatic rings. The SMILES string of the molecule is Cc1cccc(C(C#N)C(=O)CCc2ccccc2C)c1. The van der Waals surface area contributed by atoms with Gasteiger partial charge < -0.3 is 0 Å². The zero-order chi connectivity index (χ0) is 15.2. The number of aryl methyl sites for hydroxylation is 3. The highest BCUT2D eigenvalue weighted by atomic mass is 16.1. The van der Waals surface area contributed by atoms with Crippen LogP contribution in [0.2, 0.25) is 0 Å². The third-order valence-electron chi connectivity index (χ3n) is 3.73. The minimum absolute atomic E-state index is 0.00801. The third-order valence-corrected chi connectivity index (χ3v) is 3.73. The second kappa shape index (κ2) is 6.85. The molecule has 0 aliphatic rings. The first kappa shape index (κ1) is 15.0. The summed E-state index contributed by atoms with van der Waals surface area (Å²) in [5.41, 5.74) is 4.23. The summed E-state index contributed by atoms with van der Waals surface area (Å²) in [5, 5.41) is 9.32. The van der Waals surface area contributed by atoms with Gasteiger partial charge in [-0.05, 0) is 37.0 Å². The molecule has 21 heavy (non-hydrogen) atoms. The summed E-state index contributed by atoms with van der Waals surface area (Å²) >= 11 is 0. The fraction of sp³-hybridized carbons (Fsp3) is 0.263. The van der Waals surface area contributed by atoms with Gasteiger partial charge in [0.2, 0.25) is 0 Å². The van der Waals surface area contributed by atoms with Crippen LogP contribution in [0.5, 0.6) is 0 Å². The van der Waals surface area contributed by atoms with Crippen molar-refractivity contribution in [1.29, 1.82) is 5.26 Å². The standard InChI is InChI=1S/C19H19NO/c1-14-6-5-9-17(12-14)18(13-20)19(21)11-10-16-8-4-3-7-15(16)2/h3-9,12,18H,10-11H2,1-2H3. The summed E-state index contributed by atoms with van der Waals surface area (Å²) in [6.07, 6.45) is 1.09. The summed E-state index contributed by atoms with van der Waals surface area (Å²) in [6.45, 7) is 4.01. The van der Waals surface area contributed by atoms with Crippen LogP contribution in [0.25, 0.3) is 0 Å². The Morgan fingerprint density at radius 2 is 1.90 bits per heavy atom. The molecule has 0 radical (unpaired) electrons. The summed E-state index contributed by atoms with van der Waals surface area (Å²) < 4.78 is 0. The smallest absolute Gasteiger partial charge is 0.154 e. The number of nitriles is 1. The highest BCUT2D eigenvalue weighted by Gasteiger charge is 2.19. The molecule has 2 nitrogen and oxygen atoms in total. The van der Waals surface area contributed by atoms with Gasteiger partial charge in [-0.1, -0.05) is 54.1 Å². The molecular formula is C19H19NO. The normalized spacial score (nSPS) is 11.7. The van der Waals surface area contributed by atoms with Crippen LogP contribution >= 0.6 is 0 Å². The maximum Gasteiger partial charge on any atom is 0.154 e. The molecule has 0 heterocycles. The number of Topliss-reactive ketones (excluding diaryl/α,β-unsaturated/α-hetero) is 1. The lowest BCUT2D eigenvalue weighted by Crippen LogP contribution is -2.12. The van der Waals surface area contributed by atoms with E-state index < -0.39 is 5.92 Å².